The molecule has 11 aromatic rings. The molecular formula is C42H24N2OS. The van der Waals surface area contributed by atoms with E-state index in [0.29, 0.717) is 0 Å². The highest BCUT2D eigenvalue weighted by molar-refractivity contribution is 7.27. The molecule has 0 saturated heterocycles. The van der Waals surface area contributed by atoms with Crippen molar-refractivity contribution in [2.24, 2.45) is 0 Å². The second kappa shape index (κ2) is 8.87. The Hall–Kier alpha value is -5.84. The van der Waals surface area contributed by atoms with Crippen LogP contribution in [0.1, 0.15) is 0 Å². The molecular weight excluding hydrogens is 581 g/mol. The summed E-state index contributed by atoms with van der Waals surface area (Å²) in [5, 5.41) is 10.00. The van der Waals surface area contributed by atoms with Gasteiger partial charge in [-0.2, -0.15) is 0 Å². The molecule has 0 aliphatic heterocycles. The lowest BCUT2D eigenvalue weighted by molar-refractivity contribution is 0.669. The Bertz CT molecular complexity index is 3030. The SMILES string of the molecule is c1ccc(-n2c3ccccc3c3c4c5ccccc5n(-c5ccc6oc7ccccc7c6c5)c4c4sc5ccccc5c4c32)cc1. The average Bonchev–Trinajstić information content (AvgIpc) is 3.86. The largest absolute Gasteiger partial charge is 0.456 e. The number of hydrogen-bond donors (Lipinski definition) is 0. The van der Waals surface area contributed by atoms with E-state index < -0.39 is 0 Å². The fourth-order valence-corrected chi connectivity index (χ4v) is 9.10. The molecule has 4 heteroatoms. The van der Waals surface area contributed by atoms with Crippen LogP contribution >= 0.6 is 11.3 Å². The number of nitrogens with zero attached hydrogens (tertiary/aromatic N) is 2. The molecule has 0 fully saturated rings. The van der Waals surface area contributed by atoms with Gasteiger partial charge in [0.05, 0.1) is 26.8 Å². The lowest BCUT2D eigenvalue weighted by Gasteiger charge is -2.11. The van der Waals surface area contributed by atoms with E-state index in [9.17, 15) is 0 Å². The Balaban J connectivity index is 1.44. The average molecular weight is 605 g/mol. The van der Waals surface area contributed by atoms with Gasteiger partial charge in [-0.15, -0.1) is 11.3 Å². The minimum absolute atomic E-state index is 0.908. The van der Waals surface area contributed by atoms with Crippen LogP contribution in [0.3, 0.4) is 0 Å². The van der Waals surface area contributed by atoms with Gasteiger partial charge in [0.15, 0.2) is 0 Å². The highest BCUT2D eigenvalue weighted by Crippen LogP contribution is 2.51. The van der Waals surface area contributed by atoms with E-state index in [1.165, 1.54) is 69.5 Å². The number of thiophene rings is 1. The molecule has 0 amide bonds. The molecule has 214 valence electrons. The molecule has 4 heterocycles. The lowest BCUT2D eigenvalue weighted by atomic mass is 10.0. The summed E-state index contributed by atoms with van der Waals surface area (Å²) in [5.74, 6) is 0. The van der Waals surface area contributed by atoms with Crippen LogP contribution in [0.5, 0.6) is 0 Å². The van der Waals surface area contributed by atoms with Crippen LogP contribution in [0.25, 0.3) is 97.1 Å². The molecule has 4 aromatic heterocycles. The van der Waals surface area contributed by atoms with E-state index in [2.05, 4.69) is 149 Å². The zero-order valence-corrected chi connectivity index (χ0v) is 25.4. The second-order valence-corrected chi connectivity index (χ2v) is 13.1. The van der Waals surface area contributed by atoms with Crippen molar-refractivity contribution in [3.63, 3.8) is 0 Å². The Kier molecular flexibility index (Phi) is 4.72. The molecule has 3 nitrogen and oxygen atoms in total. The molecule has 11 rings (SSSR count). The third-order valence-corrected chi connectivity index (χ3v) is 10.9. The van der Waals surface area contributed by atoms with Crippen molar-refractivity contribution in [2.75, 3.05) is 0 Å². The first-order valence-corrected chi connectivity index (χ1v) is 16.4. The highest BCUT2D eigenvalue weighted by Gasteiger charge is 2.26. The van der Waals surface area contributed by atoms with E-state index in [1.54, 1.807) is 0 Å². The summed E-state index contributed by atoms with van der Waals surface area (Å²) in [6, 6.07) is 52.5. The third-order valence-electron chi connectivity index (χ3n) is 9.68. The molecule has 0 atom stereocenters. The first-order valence-electron chi connectivity index (χ1n) is 15.6. The van der Waals surface area contributed by atoms with E-state index in [1.807, 2.05) is 17.4 Å². The summed E-state index contributed by atoms with van der Waals surface area (Å²) in [6.45, 7) is 0. The van der Waals surface area contributed by atoms with Gasteiger partial charge in [0.2, 0.25) is 0 Å². The number of hydrogen-bond acceptors (Lipinski definition) is 2. The minimum atomic E-state index is 0.908. The zero-order chi connectivity index (χ0) is 29.9. The van der Waals surface area contributed by atoms with Crippen LogP contribution in [0, 0.1) is 0 Å². The normalized spacial score (nSPS) is 12.3. The van der Waals surface area contributed by atoms with Gasteiger partial charge in [0, 0.05) is 59.2 Å². The van der Waals surface area contributed by atoms with E-state index >= 15 is 0 Å². The van der Waals surface area contributed by atoms with Crippen LogP contribution < -0.4 is 0 Å². The van der Waals surface area contributed by atoms with Crippen molar-refractivity contribution in [1.82, 2.24) is 9.13 Å². The predicted molar refractivity (Wildman–Crippen MR) is 195 cm³/mol. The number of benzene rings is 7. The molecule has 0 N–H and O–H groups in total. The zero-order valence-electron chi connectivity index (χ0n) is 24.6. The fourth-order valence-electron chi connectivity index (χ4n) is 7.85. The maximum atomic E-state index is 6.25. The molecule has 0 unspecified atom stereocenters. The van der Waals surface area contributed by atoms with Gasteiger partial charge in [-0.1, -0.05) is 91.0 Å². The quantitative estimate of drug-likeness (QED) is 0.192. The van der Waals surface area contributed by atoms with Crippen molar-refractivity contribution >= 4 is 97.1 Å². The third kappa shape index (κ3) is 3.06. The molecule has 0 aliphatic carbocycles. The van der Waals surface area contributed by atoms with Crippen molar-refractivity contribution in [3.05, 3.63) is 146 Å². The molecule has 0 bridgehead atoms. The summed E-state index contributed by atoms with van der Waals surface area (Å²) in [5.41, 5.74) is 9.08. The summed E-state index contributed by atoms with van der Waals surface area (Å²) >= 11 is 1.90. The van der Waals surface area contributed by atoms with E-state index in [0.717, 1.165) is 27.6 Å². The maximum Gasteiger partial charge on any atom is 0.135 e. The standard InChI is InChI=1S/C42H24N2OS/c1-2-12-25(13-3-1)43-32-18-8-4-15-28(32)37-38-29-16-5-9-19-33(29)44(26-22-23-35-31(24-26)27-14-6-10-20-34(27)45-35)41(38)42-39(40(37)43)30-17-7-11-21-36(30)46-42/h1-24H. The maximum absolute atomic E-state index is 6.25. The molecule has 0 spiro atoms. The van der Waals surface area contributed by atoms with Gasteiger partial charge in [-0.25, -0.2) is 0 Å². The van der Waals surface area contributed by atoms with Gasteiger partial charge < -0.3 is 13.6 Å². The summed E-state index contributed by atoms with van der Waals surface area (Å²) in [4.78, 5) is 0. The van der Waals surface area contributed by atoms with E-state index in [-0.39, 0.29) is 0 Å². The molecule has 0 radical (unpaired) electrons. The van der Waals surface area contributed by atoms with Crippen LogP contribution in [0.4, 0.5) is 0 Å². The number of fused-ring (bicyclic) bond motifs is 15. The monoisotopic (exact) mass is 604 g/mol. The first kappa shape index (κ1) is 24.5. The Morgan fingerprint density at radius 3 is 1.78 bits per heavy atom. The van der Waals surface area contributed by atoms with Crippen LogP contribution in [0.2, 0.25) is 0 Å². The summed E-state index contributed by atoms with van der Waals surface area (Å²) in [6.07, 6.45) is 0. The van der Waals surface area contributed by atoms with Gasteiger partial charge in [-0.05, 0) is 54.6 Å². The van der Waals surface area contributed by atoms with Gasteiger partial charge in [-0.3, -0.25) is 0 Å². The van der Waals surface area contributed by atoms with Gasteiger partial charge >= 0.3 is 0 Å². The number of rotatable bonds is 2. The molecule has 0 saturated carbocycles. The number of furan rings is 1. The molecule has 0 aliphatic rings. The lowest BCUT2D eigenvalue weighted by Crippen LogP contribution is -1.95. The highest BCUT2D eigenvalue weighted by atomic mass is 32.1. The van der Waals surface area contributed by atoms with Crippen LogP contribution in [-0.2, 0) is 0 Å². The minimum Gasteiger partial charge on any atom is -0.456 e. The fraction of sp³-hybridized carbons (Fsp3) is 0. The van der Waals surface area contributed by atoms with Crippen LogP contribution in [-0.4, -0.2) is 9.13 Å². The van der Waals surface area contributed by atoms with E-state index in [4.69, 9.17) is 4.42 Å². The Labute approximate surface area is 266 Å². The second-order valence-electron chi connectivity index (χ2n) is 12.1. The topological polar surface area (TPSA) is 23.0 Å². The predicted octanol–water partition coefficient (Wildman–Crippen LogP) is 12.1. The summed E-state index contributed by atoms with van der Waals surface area (Å²) < 4.78 is 13.8. The number of aromatic nitrogens is 2. The van der Waals surface area contributed by atoms with Crippen molar-refractivity contribution in [3.8, 4) is 11.4 Å². The van der Waals surface area contributed by atoms with Crippen molar-refractivity contribution in [2.45, 2.75) is 0 Å². The van der Waals surface area contributed by atoms with Gasteiger partial charge in [0.25, 0.3) is 0 Å². The number of para-hydroxylation sites is 4. The van der Waals surface area contributed by atoms with Crippen molar-refractivity contribution < 1.29 is 4.42 Å². The van der Waals surface area contributed by atoms with Gasteiger partial charge in [0.1, 0.15) is 11.2 Å². The Morgan fingerprint density at radius 1 is 0.413 bits per heavy atom. The molecule has 46 heavy (non-hydrogen) atoms. The van der Waals surface area contributed by atoms with Crippen LogP contribution in [0.15, 0.2) is 150 Å². The first-order chi connectivity index (χ1) is 22.8. The molecule has 7 aromatic carbocycles. The Morgan fingerprint density at radius 2 is 1.00 bits per heavy atom. The smallest absolute Gasteiger partial charge is 0.135 e. The van der Waals surface area contributed by atoms with Crippen molar-refractivity contribution in [1.29, 1.82) is 0 Å². The summed E-state index contributed by atoms with van der Waals surface area (Å²) in [7, 11) is 0.